The first-order chi connectivity index (χ1) is 8.78. The molecule has 0 bridgehead atoms. The maximum Gasteiger partial charge on any atom is 0.228 e. The second kappa shape index (κ2) is 4.71. The topological polar surface area (TPSA) is 64.3 Å². The molecule has 2 aliphatic rings. The van der Waals surface area contributed by atoms with Crippen LogP contribution < -0.4 is 11.1 Å². The van der Waals surface area contributed by atoms with Crippen molar-refractivity contribution in [3.05, 3.63) is 29.3 Å². The van der Waals surface area contributed by atoms with E-state index in [1.165, 1.54) is 18.4 Å². The molecule has 0 aromatic heterocycles. The van der Waals surface area contributed by atoms with Gasteiger partial charge in [-0.25, -0.2) is 0 Å². The molecule has 0 radical (unpaired) electrons. The molecule has 1 saturated carbocycles. The Bertz CT molecular complexity index is 469. The first kappa shape index (κ1) is 11.7. The van der Waals surface area contributed by atoms with Crippen molar-refractivity contribution < 1.29 is 9.53 Å². The summed E-state index contributed by atoms with van der Waals surface area (Å²) in [6.45, 7) is 1.14. The number of hydrogen-bond donors (Lipinski definition) is 2. The molecule has 1 heterocycles. The quantitative estimate of drug-likeness (QED) is 0.829. The lowest BCUT2D eigenvalue weighted by Gasteiger charge is -2.18. The zero-order valence-corrected chi connectivity index (χ0v) is 10.3. The van der Waals surface area contributed by atoms with E-state index in [9.17, 15) is 4.79 Å². The molecule has 1 unspecified atom stereocenters. The minimum Gasteiger partial charge on any atom is -0.372 e. The summed E-state index contributed by atoms with van der Waals surface area (Å²) in [5.41, 5.74) is 8.71. The van der Waals surface area contributed by atoms with Crippen molar-refractivity contribution in [3.63, 3.8) is 0 Å². The third kappa shape index (κ3) is 2.26. The van der Waals surface area contributed by atoms with E-state index in [0.717, 1.165) is 11.3 Å². The summed E-state index contributed by atoms with van der Waals surface area (Å²) in [4.78, 5) is 11.3. The van der Waals surface area contributed by atoms with Gasteiger partial charge in [-0.05, 0) is 36.0 Å². The van der Waals surface area contributed by atoms with Crippen LogP contribution in [-0.2, 0) is 16.0 Å². The van der Waals surface area contributed by atoms with Crippen molar-refractivity contribution in [2.24, 2.45) is 11.7 Å². The third-order valence-corrected chi connectivity index (χ3v) is 3.55. The Kier molecular flexibility index (Phi) is 3.06. The third-order valence-electron chi connectivity index (χ3n) is 3.55. The summed E-state index contributed by atoms with van der Waals surface area (Å²) >= 11 is 0. The number of carbonyl (C=O) groups excluding carboxylic acids is 1. The number of benzene rings is 1. The number of amides is 1. The molecular formula is C14H18N2O2. The van der Waals surface area contributed by atoms with Crippen LogP contribution >= 0.6 is 0 Å². The van der Waals surface area contributed by atoms with Gasteiger partial charge in [-0.3, -0.25) is 4.79 Å². The van der Waals surface area contributed by atoms with Crippen molar-refractivity contribution in [2.45, 2.75) is 25.4 Å². The van der Waals surface area contributed by atoms with Crippen LogP contribution in [-0.4, -0.2) is 19.1 Å². The number of rotatable bonds is 5. The lowest BCUT2D eigenvalue weighted by atomic mass is 10.0. The van der Waals surface area contributed by atoms with Crippen molar-refractivity contribution in [3.8, 4) is 0 Å². The highest BCUT2D eigenvalue weighted by molar-refractivity contribution is 5.99. The monoisotopic (exact) mass is 246 g/mol. The van der Waals surface area contributed by atoms with Crippen LogP contribution in [0.3, 0.4) is 0 Å². The van der Waals surface area contributed by atoms with Gasteiger partial charge in [0.1, 0.15) is 0 Å². The predicted octanol–water partition coefficient (Wildman–Crippen LogP) is 1.61. The Morgan fingerprint density at radius 1 is 1.44 bits per heavy atom. The summed E-state index contributed by atoms with van der Waals surface area (Å²) < 4.78 is 5.86. The SMILES string of the molecule is NCCOC(c1ccc2c(c1)CC(=O)N2)C1CC1. The molecule has 3 rings (SSSR count). The Labute approximate surface area is 107 Å². The molecule has 96 valence electrons. The maximum atomic E-state index is 11.3. The molecule has 0 saturated heterocycles. The van der Waals surface area contributed by atoms with Crippen LogP contribution in [0.25, 0.3) is 0 Å². The molecule has 3 N–H and O–H groups in total. The van der Waals surface area contributed by atoms with Crippen LogP contribution in [0.2, 0.25) is 0 Å². The number of fused-ring (bicyclic) bond motifs is 1. The number of hydrogen-bond acceptors (Lipinski definition) is 3. The summed E-state index contributed by atoms with van der Waals surface area (Å²) in [5.74, 6) is 0.702. The maximum absolute atomic E-state index is 11.3. The molecule has 1 amide bonds. The van der Waals surface area contributed by atoms with Crippen LogP contribution in [0.1, 0.15) is 30.1 Å². The second-order valence-corrected chi connectivity index (χ2v) is 5.06. The molecule has 1 aliphatic heterocycles. The van der Waals surface area contributed by atoms with E-state index in [0.29, 0.717) is 25.5 Å². The van der Waals surface area contributed by atoms with E-state index in [-0.39, 0.29) is 12.0 Å². The largest absolute Gasteiger partial charge is 0.372 e. The van der Waals surface area contributed by atoms with Gasteiger partial charge in [-0.1, -0.05) is 12.1 Å². The molecule has 1 aromatic carbocycles. The molecule has 1 atom stereocenters. The first-order valence-electron chi connectivity index (χ1n) is 6.52. The molecule has 18 heavy (non-hydrogen) atoms. The van der Waals surface area contributed by atoms with E-state index in [2.05, 4.69) is 17.4 Å². The highest BCUT2D eigenvalue weighted by atomic mass is 16.5. The fraction of sp³-hybridized carbons (Fsp3) is 0.500. The van der Waals surface area contributed by atoms with Gasteiger partial charge in [0, 0.05) is 12.2 Å². The number of anilines is 1. The minimum absolute atomic E-state index is 0.0769. The lowest BCUT2D eigenvalue weighted by Crippen LogP contribution is -2.14. The van der Waals surface area contributed by atoms with Crippen molar-refractivity contribution >= 4 is 11.6 Å². The Morgan fingerprint density at radius 2 is 2.28 bits per heavy atom. The van der Waals surface area contributed by atoms with Gasteiger partial charge in [0.25, 0.3) is 0 Å². The Hall–Kier alpha value is -1.39. The lowest BCUT2D eigenvalue weighted by molar-refractivity contribution is -0.115. The average molecular weight is 246 g/mol. The van der Waals surface area contributed by atoms with Gasteiger partial charge in [-0.15, -0.1) is 0 Å². The number of nitrogens with two attached hydrogens (primary N) is 1. The van der Waals surface area contributed by atoms with Crippen molar-refractivity contribution in [1.82, 2.24) is 0 Å². The van der Waals surface area contributed by atoms with E-state index in [1.54, 1.807) is 0 Å². The highest BCUT2D eigenvalue weighted by Gasteiger charge is 2.33. The summed E-state index contributed by atoms with van der Waals surface area (Å²) in [5, 5.41) is 2.85. The summed E-state index contributed by atoms with van der Waals surface area (Å²) in [6.07, 6.45) is 3.08. The molecule has 1 fully saturated rings. The van der Waals surface area contributed by atoms with Crippen molar-refractivity contribution in [2.75, 3.05) is 18.5 Å². The van der Waals surface area contributed by atoms with E-state index in [4.69, 9.17) is 10.5 Å². The minimum atomic E-state index is 0.0769. The molecule has 1 aromatic rings. The van der Waals surface area contributed by atoms with Gasteiger partial charge in [0.2, 0.25) is 5.91 Å². The zero-order valence-electron chi connectivity index (χ0n) is 10.3. The first-order valence-corrected chi connectivity index (χ1v) is 6.52. The normalized spacial score (nSPS) is 19.5. The van der Waals surface area contributed by atoms with Crippen LogP contribution in [0.15, 0.2) is 18.2 Å². The average Bonchev–Trinajstić information content (AvgIpc) is 3.11. The molecule has 0 spiro atoms. The predicted molar refractivity (Wildman–Crippen MR) is 69.2 cm³/mol. The second-order valence-electron chi connectivity index (χ2n) is 5.06. The van der Waals surface area contributed by atoms with Crippen LogP contribution in [0, 0.1) is 5.92 Å². The number of nitrogens with one attached hydrogen (secondary N) is 1. The smallest absolute Gasteiger partial charge is 0.228 e. The number of carbonyl (C=O) groups is 1. The Morgan fingerprint density at radius 3 is 3.00 bits per heavy atom. The molecule has 4 nitrogen and oxygen atoms in total. The van der Waals surface area contributed by atoms with Gasteiger partial charge in [0.15, 0.2) is 0 Å². The summed E-state index contributed by atoms with van der Waals surface area (Å²) in [7, 11) is 0. The fourth-order valence-corrected chi connectivity index (χ4v) is 2.52. The highest BCUT2D eigenvalue weighted by Crippen LogP contribution is 2.44. The van der Waals surface area contributed by atoms with Crippen LogP contribution in [0.4, 0.5) is 5.69 Å². The van der Waals surface area contributed by atoms with Crippen molar-refractivity contribution in [1.29, 1.82) is 0 Å². The number of ether oxygens (including phenoxy) is 1. The van der Waals surface area contributed by atoms with Crippen LogP contribution in [0.5, 0.6) is 0 Å². The zero-order chi connectivity index (χ0) is 12.5. The molecular weight excluding hydrogens is 228 g/mol. The summed E-state index contributed by atoms with van der Waals surface area (Å²) in [6, 6.07) is 6.15. The van der Waals surface area contributed by atoms with Gasteiger partial charge in [0.05, 0.1) is 19.1 Å². The molecule has 4 heteroatoms. The fourth-order valence-electron chi connectivity index (χ4n) is 2.52. The van der Waals surface area contributed by atoms with E-state index < -0.39 is 0 Å². The van der Waals surface area contributed by atoms with Gasteiger partial charge >= 0.3 is 0 Å². The van der Waals surface area contributed by atoms with E-state index >= 15 is 0 Å². The van der Waals surface area contributed by atoms with E-state index in [1.807, 2.05) is 6.07 Å². The Balaban J connectivity index is 1.82. The van der Waals surface area contributed by atoms with Gasteiger partial charge in [-0.2, -0.15) is 0 Å². The standard InChI is InChI=1S/C14H18N2O2/c15-5-6-18-14(9-1-2-9)10-3-4-12-11(7-10)8-13(17)16-12/h3-4,7,9,14H,1-2,5-6,8,15H2,(H,16,17). The van der Waals surface area contributed by atoms with Gasteiger partial charge < -0.3 is 15.8 Å². The molecule has 1 aliphatic carbocycles.